The molecule has 1 amide bonds. The van der Waals surface area contributed by atoms with Gasteiger partial charge < -0.3 is 10.6 Å². The predicted molar refractivity (Wildman–Crippen MR) is 89.7 cm³/mol. The minimum absolute atomic E-state index is 0.00930. The van der Waals surface area contributed by atoms with E-state index in [1.54, 1.807) is 5.38 Å². The molecule has 1 saturated carbocycles. The molecule has 1 saturated heterocycles. The lowest BCUT2D eigenvalue weighted by atomic mass is 9.99. The number of carbonyl (C=O) groups is 1. The molecule has 2 aromatic rings. The number of likely N-dealkylation sites (tertiary alicyclic amines) is 1. The molecule has 0 radical (unpaired) electrons. The van der Waals surface area contributed by atoms with Gasteiger partial charge in [-0.05, 0) is 47.2 Å². The highest BCUT2D eigenvalue weighted by Gasteiger charge is 2.47. The Bertz CT molecular complexity index is 771. The molecule has 2 fully saturated rings. The largest absolute Gasteiger partial charge is 0.341 e. The van der Waals surface area contributed by atoms with Crippen LogP contribution in [-0.2, 0) is 4.79 Å². The molecule has 1 aliphatic carbocycles. The number of hydrogen-bond donors (Lipinski definition) is 1. The topological polar surface area (TPSA) is 46.3 Å². The molecule has 3 unspecified atom stereocenters. The molecule has 3 nitrogen and oxygen atoms in total. The Kier molecular flexibility index (Phi) is 3.89. The van der Waals surface area contributed by atoms with Gasteiger partial charge in [0.05, 0.1) is 5.56 Å². The zero-order valence-corrected chi connectivity index (χ0v) is 13.9. The third-order valence-corrected chi connectivity index (χ3v) is 5.73. The second-order valence-electron chi connectivity index (χ2n) is 6.62. The van der Waals surface area contributed by atoms with Gasteiger partial charge in [-0.1, -0.05) is 6.07 Å². The summed E-state index contributed by atoms with van der Waals surface area (Å²) in [6, 6.07) is 3.96. The van der Waals surface area contributed by atoms with E-state index in [9.17, 15) is 13.6 Å². The maximum Gasteiger partial charge on any atom is 0.226 e. The summed E-state index contributed by atoms with van der Waals surface area (Å²) in [6.07, 6.45) is 1.58. The van der Waals surface area contributed by atoms with Gasteiger partial charge in [-0.15, -0.1) is 0 Å². The zero-order valence-electron chi connectivity index (χ0n) is 13.0. The van der Waals surface area contributed by atoms with Gasteiger partial charge in [0.1, 0.15) is 11.6 Å². The normalized spacial score (nSPS) is 26.0. The van der Waals surface area contributed by atoms with Crippen molar-refractivity contribution in [3.8, 4) is 11.1 Å². The van der Waals surface area contributed by atoms with Gasteiger partial charge in [0.15, 0.2) is 0 Å². The summed E-state index contributed by atoms with van der Waals surface area (Å²) in [7, 11) is 0. The standard InChI is InChI=1S/C18H18F2N2OS/c19-15-2-1-3-16(20)17(15)14-9-24-8-13(14)11-6-12(11)18(23)22-5-4-10(21)7-22/h1-3,8-12H,4-7,21H2. The Morgan fingerprint density at radius 1 is 1.25 bits per heavy atom. The van der Waals surface area contributed by atoms with E-state index in [2.05, 4.69) is 0 Å². The molecular formula is C18H18F2N2OS. The van der Waals surface area contributed by atoms with Crippen molar-refractivity contribution in [1.82, 2.24) is 4.90 Å². The molecule has 0 spiro atoms. The van der Waals surface area contributed by atoms with Crippen molar-refractivity contribution < 1.29 is 13.6 Å². The molecule has 1 aromatic carbocycles. The average molecular weight is 348 g/mol. The van der Waals surface area contributed by atoms with Gasteiger partial charge in [0.2, 0.25) is 5.91 Å². The predicted octanol–water partition coefficient (Wildman–Crippen LogP) is 3.36. The number of hydrogen-bond acceptors (Lipinski definition) is 3. The molecule has 2 heterocycles. The van der Waals surface area contributed by atoms with E-state index in [1.165, 1.54) is 29.5 Å². The Labute approximate surface area is 143 Å². The van der Waals surface area contributed by atoms with Crippen LogP contribution in [0.2, 0.25) is 0 Å². The summed E-state index contributed by atoms with van der Waals surface area (Å²) in [4.78, 5) is 14.4. The first-order chi connectivity index (χ1) is 11.6. The SMILES string of the molecule is NC1CCN(C(=O)C2CC2c2cscc2-c2c(F)cccc2F)C1. The van der Waals surface area contributed by atoms with Crippen LogP contribution >= 0.6 is 11.3 Å². The number of nitrogens with zero attached hydrogens (tertiary/aromatic N) is 1. The second-order valence-corrected chi connectivity index (χ2v) is 7.36. The first kappa shape index (κ1) is 15.7. The molecule has 6 heteroatoms. The minimum Gasteiger partial charge on any atom is -0.341 e. The number of nitrogens with two attached hydrogens (primary N) is 1. The summed E-state index contributed by atoms with van der Waals surface area (Å²) in [5.41, 5.74) is 7.34. The third kappa shape index (κ3) is 2.63. The monoisotopic (exact) mass is 348 g/mol. The smallest absolute Gasteiger partial charge is 0.226 e. The molecule has 4 rings (SSSR count). The van der Waals surface area contributed by atoms with Crippen molar-refractivity contribution in [1.29, 1.82) is 0 Å². The van der Waals surface area contributed by atoms with E-state index < -0.39 is 11.6 Å². The lowest BCUT2D eigenvalue weighted by molar-refractivity contribution is -0.131. The van der Waals surface area contributed by atoms with Crippen molar-refractivity contribution in [2.75, 3.05) is 13.1 Å². The lowest BCUT2D eigenvalue weighted by Crippen LogP contribution is -2.33. The molecule has 2 aliphatic rings. The Hall–Kier alpha value is -1.79. The van der Waals surface area contributed by atoms with Crippen LogP contribution in [-0.4, -0.2) is 29.9 Å². The van der Waals surface area contributed by atoms with Gasteiger partial charge in [0.25, 0.3) is 0 Å². The number of benzene rings is 1. The molecule has 1 aliphatic heterocycles. The highest BCUT2D eigenvalue weighted by Crippen LogP contribution is 2.52. The number of carbonyl (C=O) groups excluding carboxylic acids is 1. The number of rotatable bonds is 3. The summed E-state index contributed by atoms with van der Waals surface area (Å²) in [5.74, 6) is -1.04. The van der Waals surface area contributed by atoms with Crippen LogP contribution in [0, 0.1) is 17.6 Å². The van der Waals surface area contributed by atoms with Crippen molar-refractivity contribution in [3.05, 3.63) is 46.2 Å². The van der Waals surface area contributed by atoms with Crippen LogP contribution in [0.4, 0.5) is 8.78 Å². The summed E-state index contributed by atoms with van der Waals surface area (Å²) >= 11 is 1.41. The van der Waals surface area contributed by atoms with Crippen molar-refractivity contribution in [2.24, 2.45) is 11.7 Å². The molecule has 3 atom stereocenters. The average Bonchev–Trinajstić information content (AvgIpc) is 2.97. The van der Waals surface area contributed by atoms with Crippen LogP contribution < -0.4 is 5.73 Å². The lowest BCUT2D eigenvalue weighted by Gasteiger charge is -2.15. The van der Waals surface area contributed by atoms with Gasteiger partial charge in [-0.2, -0.15) is 11.3 Å². The maximum atomic E-state index is 14.1. The molecular weight excluding hydrogens is 330 g/mol. The third-order valence-electron chi connectivity index (χ3n) is 4.97. The number of thiophene rings is 1. The van der Waals surface area contributed by atoms with Crippen LogP contribution in [0.3, 0.4) is 0 Å². The zero-order chi connectivity index (χ0) is 16.8. The molecule has 2 N–H and O–H groups in total. The van der Waals surface area contributed by atoms with Crippen LogP contribution in [0.1, 0.15) is 24.3 Å². The van der Waals surface area contributed by atoms with Crippen LogP contribution in [0.5, 0.6) is 0 Å². The molecule has 126 valence electrons. The Balaban J connectivity index is 1.58. The highest BCUT2D eigenvalue weighted by atomic mass is 32.1. The quantitative estimate of drug-likeness (QED) is 0.925. The summed E-state index contributed by atoms with van der Waals surface area (Å²) in [5, 5.41) is 3.68. The van der Waals surface area contributed by atoms with Gasteiger partial charge >= 0.3 is 0 Å². The fourth-order valence-electron chi connectivity index (χ4n) is 3.59. The van der Waals surface area contributed by atoms with Crippen LogP contribution in [0.15, 0.2) is 29.0 Å². The van der Waals surface area contributed by atoms with E-state index in [-0.39, 0.29) is 29.3 Å². The van der Waals surface area contributed by atoms with E-state index >= 15 is 0 Å². The first-order valence-electron chi connectivity index (χ1n) is 8.11. The molecule has 0 bridgehead atoms. The Morgan fingerprint density at radius 2 is 2.00 bits per heavy atom. The van der Waals surface area contributed by atoms with Gasteiger partial charge in [0, 0.05) is 30.6 Å². The van der Waals surface area contributed by atoms with E-state index in [1.807, 2.05) is 10.3 Å². The van der Waals surface area contributed by atoms with Crippen LogP contribution in [0.25, 0.3) is 11.1 Å². The molecule has 1 aromatic heterocycles. The van der Waals surface area contributed by atoms with E-state index in [4.69, 9.17) is 5.73 Å². The van der Waals surface area contributed by atoms with E-state index in [0.29, 0.717) is 18.7 Å². The first-order valence-corrected chi connectivity index (χ1v) is 9.05. The van der Waals surface area contributed by atoms with Gasteiger partial charge in [-0.25, -0.2) is 8.78 Å². The van der Waals surface area contributed by atoms with E-state index in [0.717, 1.165) is 18.4 Å². The number of amides is 1. The van der Waals surface area contributed by atoms with Crippen molar-refractivity contribution in [3.63, 3.8) is 0 Å². The van der Waals surface area contributed by atoms with Crippen molar-refractivity contribution >= 4 is 17.2 Å². The van der Waals surface area contributed by atoms with Crippen molar-refractivity contribution in [2.45, 2.75) is 24.8 Å². The summed E-state index contributed by atoms with van der Waals surface area (Å²) in [6.45, 7) is 1.32. The minimum atomic E-state index is -0.566. The Morgan fingerprint density at radius 3 is 2.67 bits per heavy atom. The number of halogens is 2. The maximum absolute atomic E-state index is 14.1. The highest BCUT2D eigenvalue weighted by molar-refractivity contribution is 7.08. The fourth-order valence-corrected chi connectivity index (χ4v) is 4.49. The molecule has 24 heavy (non-hydrogen) atoms. The summed E-state index contributed by atoms with van der Waals surface area (Å²) < 4.78 is 28.2. The second kappa shape index (κ2) is 5.93. The fraction of sp³-hybridized carbons (Fsp3) is 0.389. The van der Waals surface area contributed by atoms with Gasteiger partial charge in [-0.3, -0.25) is 4.79 Å².